The summed E-state index contributed by atoms with van der Waals surface area (Å²) in [6.07, 6.45) is 2.63. The van der Waals surface area contributed by atoms with Gasteiger partial charge in [0.2, 0.25) is 0 Å². The van der Waals surface area contributed by atoms with Crippen molar-refractivity contribution in [2.45, 2.75) is 25.8 Å². The molecule has 0 bridgehead atoms. The number of methoxy groups -OCH3 is 1. The van der Waals surface area contributed by atoms with E-state index >= 15 is 0 Å². The Labute approximate surface area is 126 Å². The van der Waals surface area contributed by atoms with E-state index in [9.17, 15) is 0 Å². The Balaban J connectivity index is 2.28. The average molecular weight is 291 g/mol. The predicted molar refractivity (Wildman–Crippen MR) is 84.9 cm³/mol. The van der Waals surface area contributed by atoms with Gasteiger partial charge < -0.3 is 19.3 Å². The van der Waals surface area contributed by atoms with Crippen LogP contribution >= 0.6 is 0 Å². The zero-order valence-electron chi connectivity index (χ0n) is 13.2. The maximum Gasteiger partial charge on any atom is 0.121 e. The number of aromatic nitrogens is 2. The van der Waals surface area contributed by atoms with Gasteiger partial charge in [0.15, 0.2) is 0 Å². The molecule has 0 saturated heterocycles. The highest BCUT2D eigenvalue weighted by Crippen LogP contribution is 2.22. The second-order valence-corrected chi connectivity index (χ2v) is 5.52. The lowest BCUT2D eigenvalue weighted by Crippen LogP contribution is -2.16. The SMILES string of the molecule is COc1ccc2c(c1)nc(CCCO)n2CCCN(C)C. The van der Waals surface area contributed by atoms with Crippen LogP contribution in [-0.2, 0) is 13.0 Å². The predicted octanol–water partition coefficient (Wildman–Crippen LogP) is 1.92. The summed E-state index contributed by atoms with van der Waals surface area (Å²) in [4.78, 5) is 6.90. The molecule has 1 aromatic carbocycles. The van der Waals surface area contributed by atoms with Gasteiger partial charge in [0, 0.05) is 25.6 Å². The van der Waals surface area contributed by atoms with Crippen LogP contribution in [0.3, 0.4) is 0 Å². The van der Waals surface area contributed by atoms with Crippen molar-refractivity contribution in [3.63, 3.8) is 0 Å². The second kappa shape index (κ2) is 7.43. The van der Waals surface area contributed by atoms with Gasteiger partial charge in [-0.25, -0.2) is 4.98 Å². The monoisotopic (exact) mass is 291 g/mol. The van der Waals surface area contributed by atoms with Crippen molar-refractivity contribution in [2.24, 2.45) is 0 Å². The first kappa shape index (κ1) is 15.8. The Morgan fingerprint density at radius 3 is 2.76 bits per heavy atom. The number of hydrogen-bond acceptors (Lipinski definition) is 4. The quantitative estimate of drug-likeness (QED) is 0.807. The summed E-state index contributed by atoms with van der Waals surface area (Å²) in [7, 11) is 5.84. The van der Waals surface area contributed by atoms with E-state index in [4.69, 9.17) is 14.8 Å². The fourth-order valence-corrected chi connectivity index (χ4v) is 2.51. The van der Waals surface area contributed by atoms with Gasteiger partial charge in [0.05, 0.1) is 18.1 Å². The molecule has 0 radical (unpaired) electrons. The minimum absolute atomic E-state index is 0.199. The van der Waals surface area contributed by atoms with Crippen LogP contribution in [0, 0.1) is 0 Å². The average Bonchev–Trinajstić information content (AvgIpc) is 2.81. The molecule has 0 unspecified atom stereocenters. The standard InChI is InChI=1S/C16H25N3O2/c1-18(2)9-5-10-19-15-8-7-13(21-3)12-14(15)17-16(19)6-4-11-20/h7-8,12,20H,4-6,9-11H2,1-3H3. The molecule has 5 nitrogen and oxygen atoms in total. The van der Waals surface area contributed by atoms with E-state index < -0.39 is 0 Å². The van der Waals surface area contributed by atoms with Crippen molar-refractivity contribution >= 4 is 11.0 Å². The maximum absolute atomic E-state index is 9.06. The van der Waals surface area contributed by atoms with Gasteiger partial charge in [-0.05, 0) is 45.6 Å². The molecule has 21 heavy (non-hydrogen) atoms. The van der Waals surface area contributed by atoms with E-state index in [-0.39, 0.29) is 6.61 Å². The van der Waals surface area contributed by atoms with Gasteiger partial charge in [-0.2, -0.15) is 0 Å². The van der Waals surface area contributed by atoms with Crippen LogP contribution in [0.15, 0.2) is 18.2 Å². The fourth-order valence-electron chi connectivity index (χ4n) is 2.51. The minimum atomic E-state index is 0.199. The van der Waals surface area contributed by atoms with Gasteiger partial charge in [0.1, 0.15) is 11.6 Å². The van der Waals surface area contributed by atoms with Crippen LogP contribution in [0.25, 0.3) is 11.0 Å². The van der Waals surface area contributed by atoms with E-state index in [1.54, 1.807) is 7.11 Å². The van der Waals surface area contributed by atoms with Gasteiger partial charge in [0.25, 0.3) is 0 Å². The van der Waals surface area contributed by atoms with Crippen LogP contribution in [0.4, 0.5) is 0 Å². The molecule has 2 aromatic rings. The zero-order chi connectivity index (χ0) is 15.2. The number of aliphatic hydroxyl groups is 1. The summed E-state index contributed by atoms with van der Waals surface area (Å²) in [6, 6.07) is 6.02. The van der Waals surface area contributed by atoms with Crippen molar-refractivity contribution in [1.82, 2.24) is 14.5 Å². The molecule has 1 N–H and O–H groups in total. The molecule has 1 heterocycles. The molecule has 0 aliphatic rings. The fraction of sp³-hybridized carbons (Fsp3) is 0.562. The number of aliphatic hydroxyl groups excluding tert-OH is 1. The summed E-state index contributed by atoms with van der Waals surface area (Å²) in [5.74, 6) is 1.88. The third-order valence-electron chi connectivity index (χ3n) is 3.58. The molecule has 0 aliphatic heterocycles. The lowest BCUT2D eigenvalue weighted by atomic mass is 10.3. The number of fused-ring (bicyclic) bond motifs is 1. The number of aryl methyl sites for hydroxylation is 2. The third-order valence-corrected chi connectivity index (χ3v) is 3.58. The summed E-state index contributed by atoms with van der Waals surface area (Å²) >= 11 is 0. The Kier molecular flexibility index (Phi) is 5.59. The molecule has 0 atom stereocenters. The molecule has 1 aromatic heterocycles. The van der Waals surface area contributed by atoms with E-state index in [1.165, 1.54) is 0 Å². The van der Waals surface area contributed by atoms with E-state index in [2.05, 4.69) is 29.6 Å². The number of ether oxygens (including phenoxy) is 1. The molecule has 0 amide bonds. The number of imidazole rings is 1. The van der Waals surface area contributed by atoms with Gasteiger partial charge in [-0.15, -0.1) is 0 Å². The van der Waals surface area contributed by atoms with E-state index in [0.717, 1.165) is 55.0 Å². The summed E-state index contributed by atoms with van der Waals surface area (Å²) in [5.41, 5.74) is 2.11. The Bertz CT molecular complexity index is 578. The Morgan fingerprint density at radius 2 is 2.10 bits per heavy atom. The lowest BCUT2D eigenvalue weighted by Gasteiger charge is -2.12. The number of hydrogen-bond donors (Lipinski definition) is 1. The smallest absolute Gasteiger partial charge is 0.121 e. The highest BCUT2D eigenvalue weighted by atomic mass is 16.5. The van der Waals surface area contributed by atoms with Gasteiger partial charge >= 0.3 is 0 Å². The molecular formula is C16H25N3O2. The van der Waals surface area contributed by atoms with Crippen LogP contribution in [0.5, 0.6) is 5.75 Å². The maximum atomic E-state index is 9.06. The van der Waals surface area contributed by atoms with Crippen molar-refractivity contribution in [3.8, 4) is 5.75 Å². The van der Waals surface area contributed by atoms with Crippen molar-refractivity contribution in [3.05, 3.63) is 24.0 Å². The van der Waals surface area contributed by atoms with E-state index in [1.807, 2.05) is 12.1 Å². The normalized spacial score (nSPS) is 11.5. The molecular weight excluding hydrogens is 266 g/mol. The lowest BCUT2D eigenvalue weighted by molar-refractivity contribution is 0.286. The van der Waals surface area contributed by atoms with Crippen LogP contribution in [0.2, 0.25) is 0 Å². The molecule has 0 spiro atoms. The number of nitrogens with zero attached hydrogens (tertiary/aromatic N) is 3. The third kappa shape index (κ3) is 3.95. The highest BCUT2D eigenvalue weighted by molar-refractivity contribution is 5.77. The summed E-state index contributed by atoms with van der Waals surface area (Å²) in [5, 5.41) is 9.06. The Morgan fingerprint density at radius 1 is 1.29 bits per heavy atom. The first-order valence-corrected chi connectivity index (χ1v) is 7.44. The van der Waals surface area contributed by atoms with Crippen LogP contribution in [-0.4, -0.2) is 53.9 Å². The zero-order valence-corrected chi connectivity index (χ0v) is 13.2. The number of rotatable bonds is 8. The molecule has 2 rings (SSSR count). The van der Waals surface area contributed by atoms with Crippen LogP contribution < -0.4 is 4.74 Å². The molecule has 0 aliphatic carbocycles. The molecule has 0 fully saturated rings. The van der Waals surface area contributed by atoms with Gasteiger partial charge in [-0.3, -0.25) is 0 Å². The van der Waals surface area contributed by atoms with E-state index in [0.29, 0.717) is 0 Å². The van der Waals surface area contributed by atoms with Crippen molar-refractivity contribution in [2.75, 3.05) is 34.4 Å². The minimum Gasteiger partial charge on any atom is -0.497 e. The van der Waals surface area contributed by atoms with Crippen molar-refractivity contribution in [1.29, 1.82) is 0 Å². The highest BCUT2D eigenvalue weighted by Gasteiger charge is 2.11. The first-order valence-electron chi connectivity index (χ1n) is 7.44. The first-order chi connectivity index (χ1) is 10.2. The van der Waals surface area contributed by atoms with Crippen molar-refractivity contribution < 1.29 is 9.84 Å². The summed E-state index contributed by atoms with van der Waals surface area (Å²) < 4.78 is 7.54. The molecule has 5 heteroatoms. The van der Waals surface area contributed by atoms with Gasteiger partial charge in [-0.1, -0.05) is 0 Å². The molecule has 0 saturated carbocycles. The largest absolute Gasteiger partial charge is 0.497 e. The summed E-state index contributed by atoms with van der Waals surface area (Å²) in [6.45, 7) is 2.20. The topological polar surface area (TPSA) is 50.5 Å². The number of benzene rings is 1. The van der Waals surface area contributed by atoms with Crippen LogP contribution in [0.1, 0.15) is 18.7 Å². The molecule has 116 valence electrons. The Hall–Kier alpha value is -1.59. The second-order valence-electron chi connectivity index (χ2n) is 5.52.